The van der Waals surface area contributed by atoms with Gasteiger partial charge in [0, 0.05) is 35.6 Å². The van der Waals surface area contributed by atoms with Crippen LogP contribution in [0.2, 0.25) is 5.02 Å². The summed E-state index contributed by atoms with van der Waals surface area (Å²) in [6, 6.07) is 9.47. The maximum atomic E-state index is 13.0. The fraction of sp³-hybridized carbons (Fsp3) is 0.0952. The SMILES string of the molecule is Cn1ncc2c(-c3ccc(NC(=O)Nc4ccc(Cl)c(C(F)(F)F)c4)cc3)cncc21. The van der Waals surface area contributed by atoms with Gasteiger partial charge in [-0.15, -0.1) is 0 Å². The smallest absolute Gasteiger partial charge is 0.308 e. The van der Waals surface area contributed by atoms with E-state index in [0.29, 0.717) is 5.69 Å². The minimum absolute atomic E-state index is 0.0276. The van der Waals surface area contributed by atoms with E-state index in [1.807, 2.05) is 19.2 Å². The van der Waals surface area contributed by atoms with Crippen molar-refractivity contribution in [2.24, 2.45) is 7.05 Å². The third kappa shape index (κ3) is 4.31. The van der Waals surface area contributed by atoms with Crippen LogP contribution in [-0.2, 0) is 13.2 Å². The van der Waals surface area contributed by atoms with E-state index in [1.54, 1.807) is 35.4 Å². The maximum Gasteiger partial charge on any atom is 0.417 e. The molecule has 0 aliphatic heterocycles. The van der Waals surface area contributed by atoms with Gasteiger partial charge in [-0.25, -0.2) is 4.79 Å². The summed E-state index contributed by atoms with van der Waals surface area (Å²) in [6.45, 7) is 0. The van der Waals surface area contributed by atoms with Gasteiger partial charge in [0.2, 0.25) is 0 Å². The number of nitrogens with one attached hydrogen (secondary N) is 2. The summed E-state index contributed by atoms with van der Waals surface area (Å²) in [5, 5.41) is 9.70. The summed E-state index contributed by atoms with van der Waals surface area (Å²) in [6.07, 6.45) is 0.603. The Morgan fingerprint density at radius 3 is 2.39 bits per heavy atom. The molecule has 0 aliphatic carbocycles. The number of rotatable bonds is 3. The van der Waals surface area contributed by atoms with Gasteiger partial charge in [0.15, 0.2) is 0 Å². The van der Waals surface area contributed by atoms with Crippen LogP contribution in [0.5, 0.6) is 0 Å². The molecule has 4 aromatic rings. The van der Waals surface area contributed by atoms with Crippen molar-refractivity contribution < 1.29 is 18.0 Å². The first-order valence-electron chi connectivity index (χ1n) is 9.03. The number of carbonyl (C=O) groups excluding carboxylic acids is 1. The number of pyridine rings is 1. The van der Waals surface area contributed by atoms with Crippen LogP contribution in [0.1, 0.15) is 5.56 Å². The molecule has 158 valence electrons. The van der Waals surface area contributed by atoms with Crippen molar-refractivity contribution in [3.8, 4) is 11.1 Å². The number of halogens is 4. The van der Waals surface area contributed by atoms with Gasteiger partial charge in [-0.2, -0.15) is 18.3 Å². The normalized spacial score (nSPS) is 11.5. The zero-order valence-corrected chi connectivity index (χ0v) is 16.8. The third-order valence-corrected chi connectivity index (χ3v) is 4.99. The highest BCUT2D eigenvalue weighted by Gasteiger charge is 2.33. The van der Waals surface area contributed by atoms with E-state index >= 15 is 0 Å². The van der Waals surface area contributed by atoms with Crippen LogP contribution in [0.3, 0.4) is 0 Å². The van der Waals surface area contributed by atoms with E-state index in [1.165, 1.54) is 6.07 Å². The fourth-order valence-corrected chi connectivity index (χ4v) is 3.36. The summed E-state index contributed by atoms with van der Waals surface area (Å²) < 4.78 is 40.6. The number of urea groups is 1. The number of alkyl halides is 3. The van der Waals surface area contributed by atoms with E-state index in [9.17, 15) is 18.0 Å². The first-order chi connectivity index (χ1) is 14.7. The van der Waals surface area contributed by atoms with Crippen LogP contribution >= 0.6 is 11.6 Å². The lowest BCUT2D eigenvalue weighted by atomic mass is 10.0. The number of hydrogen-bond donors (Lipinski definition) is 2. The number of fused-ring (bicyclic) bond motifs is 1. The molecule has 2 aromatic heterocycles. The molecule has 0 saturated carbocycles. The molecule has 2 N–H and O–H groups in total. The Bertz CT molecular complexity index is 1270. The minimum atomic E-state index is -4.62. The first kappa shape index (κ1) is 20.7. The van der Waals surface area contributed by atoms with Gasteiger partial charge in [0.1, 0.15) is 0 Å². The Balaban J connectivity index is 1.49. The van der Waals surface area contributed by atoms with E-state index in [4.69, 9.17) is 11.6 Å². The molecule has 31 heavy (non-hydrogen) atoms. The largest absolute Gasteiger partial charge is 0.417 e. The molecule has 0 saturated heterocycles. The minimum Gasteiger partial charge on any atom is -0.308 e. The van der Waals surface area contributed by atoms with Gasteiger partial charge >= 0.3 is 12.2 Å². The number of aromatic nitrogens is 3. The molecule has 2 amide bonds. The van der Waals surface area contributed by atoms with Gasteiger partial charge in [0.25, 0.3) is 0 Å². The number of hydrogen-bond acceptors (Lipinski definition) is 3. The monoisotopic (exact) mass is 445 g/mol. The first-order valence-corrected chi connectivity index (χ1v) is 9.41. The Hall–Kier alpha value is -3.59. The van der Waals surface area contributed by atoms with Crippen molar-refractivity contribution in [1.29, 1.82) is 0 Å². The lowest BCUT2D eigenvalue weighted by molar-refractivity contribution is -0.137. The Labute approximate surface area is 179 Å². The fourth-order valence-electron chi connectivity index (χ4n) is 3.14. The highest BCUT2D eigenvalue weighted by molar-refractivity contribution is 6.31. The van der Waals surface area contributed by atoms with E-state index in [-0.39, 0.29) is 5.69 Å². The molecule has 0 spiro atoms. The highest BCUT2D eigenvalue weighted by Crippen LogP contribution is 2.36. The molecule has 0 radical (unpaired) electrons. The van der Waals surface area contributed by atoms with Gasteiger partial charge < -0.3 is 10.6 Å². The number of benzene rings is 2. The third-order valence-electron chi connectivity index (χ3n) is 4.66. The van der Waals surface area contributed by atoms with E-state index in [0.717, 1.165) is 34.2 Å². The van der Waals surface area contributed by atoms with Crippen molar-refractivity contribution in [3.63, 3.8) is 0 Å². The molecule has 0 atom stereocenters. The van der Waals surface area contributed by atoms with Crippen molar-refractivity contribution in [2.75, 3.05) is 10.6 Å². The second kappa shape index (κ2) is 7.92. The van der Waals surface area contributed by atoms with Crippen LogP contribution in [-0.4, -0.2) is 20.8 Å². The average molecular weight is 446 g/mol. The molecule has 2 aromatic carbocycles. The van der Waals surface area contributed by atoms with Crippen LogP contribution in [0, 0.1) is 0 Å². The highest BCUT2D eigenvalue weighted by atomic mass is 35.5. The lowest BCUT2D eigenvalue weighted by Gasteiger charge is -2.12. The molecule has 0 bridgehead atoms. The quantitative estimate of drug-likeness (QED) is 0.409. The molecule has 4 rings (SSSR count). The van der Waals surface area contributed by atoms with Crippen LogP contribution in [0.15, 0.2) is 61.1 Å². The van der Waals surface area contributed by atoms with Crippen molar-refractivity contribution in [2.45, 2.75) is 6.18 Å². The average Bonchev–Trinajstić information content (AvgIpc) is 3.10. The van der Waals surface area contributed by atoms with Crippen molar-refractivity contribution in [1.82, 2.24) is 14.8 Å². The van der Waals surface area contributed by atoms with Gasteiger partial charge in [-0.1, -0.05) is 23.7 Å². The molecular formula is C21H15ClF3N5O. The molecule has 10 heteroatoms. The summed E-state index contributed by atoms with van der Waals surface area (Å²) >= 11 is 5.59. The number of anilines is 2. The van der Waals surface area contributed by atoms with Gasteiger partial charge in [0.05, 0.1) is 28.5 Å². The number of amides is 2. The summed E-state index contributed by atoms with van der Waals surface area (Å²) in [4.78, 5) is 16.4. The Morgan fingerprint density at radius 1 is 1.00 bits per heavy atom. The van der Waals surface area contributed by atoms with Crippen molar-refractivity contribution in [3.05, 3.63) is 71.6 Å². The zero-order chi connectivity index (χ0) is 22.2. The molecule has 6 nitrogen and oxygen atoms in total. The predicted molar refractivity (Wildman–Crippen MR) is 113 cm³/mol. The van der Waals surface area contributed by atoms with Crippen LogP contribution < -0.4 is 10.6 Å². The Morgan fingerprint density at radius 2 is 1.68 bits per heavy atom. The standard InChI is InChI=1S/C21H15ClF3N5O/c1-30-19-11-26-9-15(16(19)10-27-30)12-2-4-13(5-3-12)28-20(31)29-14-6-7-18(22)17(8-14)21(23,24)25/h2-11H,1H3,(H2,28,29,31). The summed E-state index contributed by atoms with van der Waals surface area (Å²) in [5.41, 5.74) is 2.08. The lowest BCUT2D eigenvalue weighted by Crippen LogP contribution is -2.19. The molecular weight excluding hydrogens is 431 g/mol. The molecule has 2 heterocycles. The molecule has 0 unspecified atom stereocenters. The summed E-state index contributed by atoms with van der Waals surface area (Å²) in [5.74, 6) is 0. The van der Waals surface area contributed by atoms with Crippen LogP contribution in [0.25, 0.3) is 22.0 Å². The topological polar surface area (TPSA) is 71.8 Å². The number of carbonyl (C=O) groups is 1. The van der Waals surface area contributed by atoms with Crippen molar-refractivity contribution >= 4 is 39.9 Å². The maximum absolute atomic E-state index is 13.0. The molecule has 0 fully saturated rings. The molecule has 0 aliphatic rings. The predicted octanol–water partition coefficient (Wildman–Crippen LogP) is 5.95. The van der Waals surface area contributed by atoms with Gasteiger partial charge in [-0.05, 0) is 35.9 Å². The second-order valence-electron chi connectivity index (χ2n) is 6.74. The zero-order valence-electron chi connectivity index (χ0n) is 16.0. The van der Waals surface area contributed by atoms with E-state index in [2.05, 4.69) is 20.7 Å². The second-order valence-corrected chi connectivity index (χ2v) is 7.14. The number of nitrogens with zero attached hydrogens (tertiary/aromatic N) is 3. The number of aryl methyl sites for hydroxylation is 1. The van der Waals surface area contributed by atoms with E-state index < -0.39 is 22.8 Å². The van der Waals surface area contributed by atoms with Crippen LogP contribution in [0.4, 0.5) is 29.3 Å². The van der Waals surface area contributed by atoms with Gasteiger partial charge in [-0.3, -0.25) is 9.67 Å². The summed E-state index contributed by atoms with van der Waals surface area (Å²) in [7, 11) is 1.83. The Kier molecular flexibility index (Phi) is 5.28.